The van der Waals surface area contributed by atoms with Gasteiger partial charge in [-0.1, -0.05) is 11.8 Å². The molecule has 0 aliphatic carbocycles. The first-order valence-electron chi connectivity index (χ1n) is 7.01. The molecule has 0 spiro atoms. The third-order valence-corrected chi connectivity index (χ3v) is 7.24. The first-order chi connectivity index (χ1) is 11.7. The number of tetrazole rings is 1. The van der Waals surface area contributed by atoms with Crippen molar-refractivity contribution in [2.24, 2.45) is 5.14 Å². The molecular weight excluding hydrogens is 392 g/mol. The van der Waals surface area contributed by atoms with Crippen LogP contribution in [0.1, 0.15) is 18.7 Å². The van der Waals surface area contributed by atoms with E-state index in [4.69, 9.17) is 5.14 Å². The molecule has 0 saturated carbocycles. The van der Waals surface area contributed by atoms with Gasteiger partial charge in [0.2, 0.25) is 21.1 Å². The Bertz CT molecular complexity index is 865. The summed E-state index contributed by atoms with van der Waals surface area (Å²) in [6.45, 7) is 1.34. The first kappa shape index (κ1) is 18.2. The number of thioether (sulfide) groups is 2. The zero-order valence-electron chi connectivity index (χ0n) is 12.9. The number of sulfonamides is 1. The van der Waals surface area contributed by atoms with Crippen molar-refractivity contribution in [3.05, 3.63) is 11.3 Å². The van der Waals surface area contributed by atoms with Crippen LogP contribution in [-0.2, 0) is 19.6 Å². The molecule has 0 radical (unpaired) electrons. The molecule has 1 fully saturated rings. The quantitative estimate of drug-likeness (QED) is 0.452. The van der Waals surface area contributed by atoms with Crippen molar-refractivity contribution in [1.82, 2.24) is 25.1 Å². The highest BCUT2D eigenvalue weighted by molar-refractivity contribution is 8.01. The Hall–Kier alpha value is -1.64. The average molecular weight is 406 g/mol. The van der Waals surface area contributed by atoms with Crippen LogP contribution in [0, 0.1) is 0 Å². The molecule has 2 atom stereocenters. The van der Waals surface area contributed by atoms with Crippen LogP contribution in [0.2, 0.25) is 0 Å². The molecule has 25 heavy (non-hydrogen) atoms. The summed E-state index contributed by atoms with van der Waals surface area (Å²) < 4.78 is 24.0. The molecule has 2 aliphatic rings. The third kappa shape index (κ3) is 3.38. The zero-order valence-corrected chi connectivity index (χ0v) is 15.3. The van der Waals surface area contributed by atoms with Crippen LogP contribution in [-0.4, -0.2) is 67.4 Å². The smallest absolute Gasteiger partial charge is 0.352 e. The van der Waals surface area contributed by atoms with E-state index < -0.39 is 21.4 Å². The Labute approximate surface area is 151 Å². The number of nitrogens with zero attached hydrogens (tertiary/aromatic N) is 5. The monoisotopic (exact) mass is 406 g/mol. The number of aliphatic carboxylic acids is 1. The predicted molar refractivity (Wildman–Crippen MR) is 88.7 cm³/mol. The summed E-state index contributed by atoms with van der Waals surface area (Å²) in [5, 5.41) is 24.3. The lowest BCUT2D eigenvalue weighted by Gasteiger charge is -2.43. The summed E-state index contributed by atoms with van der Waals surface area (Å²) in [6.07, 6.45) is 0.339. The van der Waals surface area contributed by atoms with Gasteiger partial charge >= 0.3 is 5.97 Å². The minimum Gasteiger partial charge on any atom is -0.477 e. The minimum atomic E-state index is -3.89. The van der Waals surface area contributed by atoms with Gasteiger partial charge in [-0.25, -0.2) is 23.0 Å². The van der Waals surface area contributed by atoms with Crippen LogP contribution in [0.15, 0.2) is 16.4 Å². The fourth-order valence-electron chi connectivity index (χ4n) is 2.39. The van der Waals surface area contributed by atoms with Crippen LogP contribution in [0.25, 0.3) is 0 Å². The van der Waals surface area contributed by atoms with Crippen molar-refractivity contribution in [3.63, 3.8) is 0 Å². The van der Waals surface area contributed by atoms with Gasteiger partial charge in [-0.3, -0.25) is 9.69 Å². The van der Waals surface area contributed by atoms with E-state index in [1.54, 1.807) is 0 Å². The Morgan fingerprint density at radius 2 is 2.28 bits per heavy atom. The Balaban J connectivity index is 1.82. The van der Waals surface area contributed by atoms with Gasteiger partial charge in [0.25, 0.3) is 0 Å². The molecular formula is C11H14N6O5S3. The maximum atomic E-state index is 11.7. The number of nitrogens with two attached hydrogens (primary N) is 1. The molecule has 1 unspecified atom stereocenters. The summed E-state index contributed by atoms with van der Waals surface area (Å²) in [6, 6.07) is 0. The number of hydrogen-bond donors (Lipinski definition) is 2. The standard InChI is InChI=1S/C11H14N6O5S3/c1-5(25(12,21)22)17-11(13-14-15-17)24-4-6-3-23-8-2-7(18)16(8)9(6)10(19)20/h5,8H,2-4H2,1H3,(H,19,20)(H2,12,21,22)/t5?,8-/m1/s1. The van der Waals surface area contributed by atoms with Crippen LogP contribution in [0.3, 0.4) is 0 Å². The number of carbonyl (C=O) groups is 2. The predicted octanol–water partition coefficient (Wildman–Crippen LogP) is -0.784. The van der Waals surface area contributed by atoms with E-state index in [-0.39, 0.29) is 27.9 Å². The van der Waals surface area contributed by atoms with Crippen LogP contribution >= 0.6 is 23.5 Å². The van der Waals surface area contributed by atoms with E-state index in [9.17, 15) is 23.1 Å². The lowest BCUT2D eigenvalue weighted by atomic mass is 10.1. The molecule has 3 rings (SSSR count). The molecule has 3 heterocycles. The Kier molecular flexibility index (Phi) is 4.78. The number of rotatable bonds is 6. The lowest BCUT2D eigenvalue weighted by molar-refractivity contribution is -0.146. The van der Waals surface area contributed by atoms with Crippen molar-refractivity contribution < 1.29 is 23.1 Å². The van der Waals surface area contributed by atoms with Crippen molar-refractivity contribution in [1.29, 1.82) is 0 Å². The second kappa shape index (κ2) is 6.59. The summed E-state index contributed by atoms with van der Waals surface area (Å²) in [7, 11) is -3.89. The zero-order chi connectivity index (χ0) is 18.4. The summed E-state index contributed by atoms with van der Waals surface area (Å²) in [5.41, 5.74) is 0.552. The summed E-state index contributed by atoms with van der Waals surface area (Å²) >= 11 is 2.58. The van der Waals surface area contributed by atoms with E-state index in [1.165, 1.54) is 23.6 Å². The molecule has 1 aromatic rings. The summed E-state index contributed by atoms with van der Waals surface area (Å²) in [5.74, 6) is -0.700. The molecule has 2 aliphatic heterocycles. The van der Waals surface area contributed by atoms with E-state index in [0.717, 1.165) is 16.4 Å². The van der Waals surface area contributed by atoms with Crippen LogP contribution < -0.4 is 5.14 Å². The number of amides is 1. The molecule has 136 valence electrons. The number of fused-ring (bicyclic) bond motifs is 1. The highest BCUT2D eigenvalue weighted by atomic mass is 32.2. The second-order valence-electron chi connectivity index (χ2n) is 5.37. The Morgan fingerprint density at radius 1 is 1.56 bits per heavy atom. The molecule has 14 heteroatoms. The highest BCUT2D eigenvalue weighted by Gasteiger charge is 2.45. The van der Waals surface area contributed by atoms with Gasteiger partial charge in [0.15, 0.2) is 5.37 Å². The normalized spacial score (nSPS) is 21.8. The van der Waals surface area contributed by atoms with E-state index in [0.29, 0.717) is 17.7 Å². The molecule has 1 saturated heterocycles. The van der Waals surface area contributed by atoms with Gasteiger partial charge < -0.3 is 5.11 Å². The Morgan fingerprint density at radius 3 is 2.88 bits per heavy atom. The van der Waals surface area contributed by atoms with Gasteiger partial charge in [0, 0.05) is 11.5 Å². The number of hydrogen-bond acceptors (Lipinski definition) is 9. The van der Waals surface area contributed by atoms with Crippen LogP contribution in [0.5, 0.6) is 0 Å². The SMILES string of the molecule is CC(n1nnnc1SCC1=C(C(=O)O)N2C(=O)C[C@H]2SC1)S(N)(=O)=O. The molecule has 11 nitrogen and oxygen atoms in total. The third-order valence-electron chi connectivity index (χ3n) is 3.79. The van der Waals surface area contributed by atoms with Crippen molar-refractivity contribution in [3.8, 4) is 0 Å². The number of aromatic nitrogens is 4. The fraction of sp³-hybridized carbons (Fsp3) is 0.545. The fourth-order valence-corrected chi connectivity index (χ4v) is 5.23. The van der Waals surface area contributed by atoms with Crippen molar-refractivity contribution >= 4 is 45.4 Å². The largest absolute Gasteiger partial charge is 0.477 e. The van der Waals surface area contributed by atoms with E-state index in [2.05, 4.69) is 15.5 Å². The lowest BCUT2D eigenvalue weighted by Crippen LogP contribution is -2.54. The maximum absolute atomic E-state index is 11.7. The highest BCUT2D eigenvalue weighted by Crippen LogP contribution is 2.41. The topological polar surface area (TPSA) is 161 Å². The van der Waals surface area contributed by atoms with Crippen LogP contribution in [0.4, 0.5) is 0 Å². The van der Waals surface area contributed by atoms with Gasteiger partial charge in [-0.15, -0.1) is 16.9 Å². The summed E-state index contributed by atoms with van der Waals surface area (Å²) in [4.78, 5) is 24.6. The van der Waals surface area contributed by atoms with Gasteiger partial charge in [-0.2, -0.15) is 0 Å². The molecule has 0 bridgehead atoms. The molecule has 1 aromatic heterocycles. The van der Waals surface area contributed by atoms with Gasteiger partial charge in [0.05, 0.1) is 11.8 Å². The van der Waals surface area contributed by atoms with E-state index >= 15 is 0 Å². The first-order valence-corrected chi connectivity index (χ1v) is 10.7. The molecule has 0 aromatic carbocycles. The van der Waals surface area contributed by atoms with Crippen molar-refractivity contribution in [2.45, 2.75) is 29.2 Å². The minimum absolute atomic E-state index is 0.00832. The van der Waals surface area contributed by atoms with E-state index in [1.807, 2.05) is 0 Å². The van der Waals surface area contributed by atoms with Gasteiger partial charge in [0.1, 0.15) is 5.70 Å². The number of carbonyl (C=O) groups excluding carboxylic acids is 1. The number of carboxylic acids is 1. The number of primary sulfonamides is 1. The van der Waals surface area contributed by atoms with Crippen molar-refractivity contribution in [2.75, 3.05) is 11.5 Å². The number of carboxylic acid groups (broad SMARTS) is 1. The molecule has 1 amide bonds. The molecule has 3 N–H and O–H groups in total. The second-order valence-corrected chi connectivity index (χ2v) is 9.34. The number of β-lactam (4-membered cyclic amide) rings is 1. The van der Waals surface area contributed by atoms with Gasteiger partial charge in [-0.05, 0) is 22.9 Å². The average Bonchev–Trinajstić information content (AvgIpc) is 2.98. The maximum Gasteiger partial charge on any atom is 0.352 e.